The fourth-order valence-electron chi connectivity index (χ4n) is 1.78. The van der Waals surface area contributed by atoms with Crippen molar-refractivity contribution in [3.8, 4) is 5.75 Å². The predicted octanol–water partition coefficient (Wildman–Crippen LogP) is 3.84. The molecule has 0 saturated carbocycles. The minimum absolute atomic E-state index is 0.323. The van der Waals surface area contributed by atoms with Gasteiger partial charge in [0.1, 0.15) is 12.4 Å². The van der Waals surface area contributed by atoms with Gasteiger partial charge in [0.25, 0.3) is 0 Å². The summed E-state index contributed by atoms with van der Waals surface area (Å²) < 4.78 is 5.64. The van der Waals surface area contributed by atoms with Crippen LogP contribution in [-0.2, 0) is 0 Å². The first-order valence-corrected chi connectivity index (χ1v) is 7.69. The van der Waals surface area contributed by atoms with Crippen molar-refractivity contribution in [2.24, 2.45) is 0 Å². The van der Waals surface area contributed by atoms with E-state index in [1.54, 1.807) is 11.8 Å². The lowest BCUT2D eigenvalue weighted by molar-refractivity contribution is 0.126. The van der Waals surface area contributed by atoms with E-state index in [9.17, 15) is 5.11 Å². The molecular formula is C17H20O2S. The maximum atomic E-state index is 9.97. The molecule has 0 radical (unpaired) electrons. The van der Waals surface area contributed by atoms with E-state index in [0.717, 1.165) is 11.3 Å². The number of aryl methyl sites for hydroxylation is 2. The van der Waals surface area contributed by atoms with Crippen LogP contribution in [-0.4, -0.2) is 23.6 Å². The van der Waals surface area contributed by atoms with Gasteiger partial charge in [0, 0.05) is 10.6 Å². The molecule has 20 heavy (non-hydrogen) atoms. The molecule has 0 fully saturated rings. The van der Waals surface area contributed by atoms with E-state index in [-0.39, 0.29) is 0 Å². The Hall–Kier alpha value is -1.45. The van der Waals surface area contributed by atoms with E-state index < -0.39 is 6.10 Å². The molecule has 0 heterocycles. The molecule has 0 saturated heterocycles. The summed E-state index contributed by atoms with van der Waals surface area (Å²) in [5, 5.41) is 9.97. The summed E-state index contributed by atoms with van der Waals surface area (Å²) in [5.41, 5.74) is 2.34. The molecule has 2 aromatic carbocycles. The molecule has 0 aliphatic heterocycles. The molecule has 0 aromatic heterocycles. The van der Waals surface area contributed by atoms with Gasteiger partial charge in [0.05, 0.1) is 6.10 Å². The Labute approximate surface area is 124 Å². The summed E-state index contributed by atoms with van der Waals surface area (Å²) in [4.78, 5) is 1.17. The van der Waals surface area contributed by atoms with Crippen molar-refractivity contribution in [3.63, 3.8) is 0 Å². The number of ether oxygens (including phenoxy) is 1. The van der Waals surface area contributed by atoms with Gasteiger partial charge in [-0.1, -0.05) is 35.9 Å². The summed E-state index contributed by atoms with van der Waals surface area (Å²) >= 11 is 1.65. The standard InChI is InChI=1S/C17H20O2S/c1-13-7-9-16(10-8-13)20-12-15(18)11-19-17-6-4-3-5-14(17)2/h3-10,15,18H,11-12H2,1-2H3. The van der Waals surface area contributed by atoms with Gasteiger partial charge in [-0.3, -0.25) is 0 Å². The summed E-state index contributed by atoms with van der Waals surface area (Å²) in [6.45, 7) is 4.39. The first-order chi connectivity index (χ1) is 9.65. The van der Waals surface area contributed by atoms with Crippen LogP contribution in [0.3, 0.4) is 0 Å². The zero-order valence-corrected chi connectivity index (χ0v) is 12.7. The van der Waals surface area contributed by atoms with Crippen LogP contribution in [0.2, 0.25) is 0 Å². The van der Waals surface area contributed by atoms with Gasteiger partial charge in [0.15, 0.2) is 0 Å². The molecule has 1 N–H and O–H groups in total. The van der Waals surface area contributed by atoms with Gasteiger partial charge in [-0.25, -0.2) is 0 Å². The average molecular weight is 288 g/mol. The molecule has 1 unspecified atom stereocenters. The quantitative estimate of drug-likeness (QED) is 0.819. The molecule has 0 amide bonds. The minimum atomic E-state index is -0.471. The molecule has 2 rings (SSSR count). The van der Waals surface area contributed by atoms with Crippen LogP contribution in [0.15, 0.2) is 53.4 Å². The first-order valence-electron chi connectivity index (χ1n) is 6.71. The number of hydrogen-bond donors (Lipinski definition) is 1. The lowest BCUT2D eigenvalue weighted by Gasteiger charge is -2.13. The van der Waals surface area contributed by atoms with Crippen molar-refractivity contribution in [1.29, 1.82) is 0 Å². The number of aliphatic hydroxyl groups excluding tert-OH is 1. The lowest BCUT2D eigenvalue weighted by Crippen LogP contribution is -2.20. The second-order valence-electron chi connectivity index (χ2n) is 4.85. The van der Waals surface area contributed by atoms with Crippen LogP contribution in [0.1, 0.15) is 11.1 Å². The maximum absolute atomic E-state index is 9.97. The molecule has 106 valence electrons. The molecule has 2 aromatic rings. The maximum Gasteiger partial charge on any atom is 0.122 e. The van der Waals surface area contributed by atoms with Crippen molar-refractivity contribution < 1.29 is 9.84 Å². The van der Waals surface area contributed by atoms with Crippen LogP contribution in [0, 0.1) is 13.8 Å². The average Bonchev–Trinajstić information content (AvgIpc) is 2.46. The number of hydrogen-bond acceptors (Lipinski definition) is 3. The highest BCUT2D eigenvalue weighted by Gasteiger charge is 2.07. The Bertz CT molecular complexity index is 537. The third-order valence-corrected chi connectivity index (χ3v) is 4.15. The molecular weight excluding hydrogens is 268 g/mol. The zero-order valence-electron chi connectivity index (χ0n) is 11.9. The van der Waals surface area contributed by atoms with Crippen molar-refractivity contribution in [2.75, 3.05) is 12.4 Å². The first kappa shape index (κ1) is 14.9. The lowest BCUT2D eigenvalue weighted by atomic mass is 10.2. The van der Waals surface area contributed by atoms with E-state index in [0.29, 0.717) is 12.4 Å². The summed E-state index contributed by atoms with van der Waals surface area (Å²) in [7, 11) is 0. The van der Waals surface area contributed by atoms with Gasteiger partial charge in [-0.05, 0) is 37.6 Å². The van der Waals surface area contributed by atoms with Crippen LogP contribution in [0.25, 0.3) is 0 Å². The molecule has 1 atom stereocenters. The van der Waals surface area contributed by atoms with E-state index >= 15 is 0 Å². The third kappa shape index (κ3) is 4.58. The van der Waals surface area contributed by atoms with Gasteiger partial charge in [-0.15, -0.1) is 11.8 Å². The van der Waals surface area contributed by atoms with Crippen molar-refractivity contribution >= 4 is 11.8 Å². The highest BCUT2D eigenvalue weighted by molar-refractivity contribution is 7.99. The number of para-hydroxylation sites is 1. The smallest absolute Gasteiger partial charge is 0.122 e. The van der Waals surface area contributed by atoms with Gasteiger partial charge in [0.2, 0.25) is 0 Å². The second-order valence-corrected chi connectivity index (χ2v) is 5.95. The Morgan fingerprint density at radius 3 is 2.45 bits per heavy atom. The Balaban J connectivity index is 1.77. The normalized spacial score (nSPS) is 12.2. The van der Waals surface area contributed by atoms with Crippen molar-refractivity contribution in [3.05, 3.63) is 59.7 Å². The summed E-state index contributed by atoms with van der Waals surface area (Å²) in [5.74, 6) is 1.47. The Morgan fingerprint density at radius 1 is 1.05 bits per heavy atom. The van der Waals surface area contributed by atoms with Crippen molar-refractivity contribution in [1.82, 2.24) is 0 Å². The van der Waals surface area contributed by atoms with Gasteiger partial charge >= 0.3 is 0 Å². The topological polar surface area (TPSA) is 29.5 Å². The largest absolute Gasteiger partial charge is 0.491 e. The zero-order chi connectivity index (χ0) is 14.4. The Kier molecular flexibility index (Phi) is 5.50. The predicted molar refractivity (Wildman–Crippen MR) is 84.6 cm³/mol. The monoisotopic (exact) mass is 288 g/mol. The molecule has 2 nitrogen and oxygen atoms in total. The van der Waals surface area contributed by atoms with E-state index in [4.69, 9.17) is 4.74 Å². The van der Waals surface area contributed by atoms with Crippen molar-refractivity contribution in [2.45, 2.75) is 24.8 Å². The summed E-state index contributed by atoms with van der Waals surface area (Å²) in [6, 6.07) is 16.2. The van der Waals surface area contributed by atoms with Crippen LogP contribution < -0.4 is 4.74 Å². The number of aliphatic hydroxyl groups is 1. The van der Waals surface area contributed by atoms with Crippen LogP contribution in [0.4, 0.5) is 0 Å². The highest BCUT2D eigenvalue weighted by Crippen LogP contribution is 2.20. The minimum Gasteiger partial charge on any atom is -0.491 e. The van der Waals surface area contributed by atoms with Gasteiger partial charge in [-0.2, -0.15) is 0 Å². The van der Waals surface area contributed by atoms with Crippen LogP contribution in [0.5, 0.6) is 5.75 Å². The number of benzene rings is 2. The highest BCUT2D eigenvalue weighted by atomic mass is 32.2. The number of rotatable bonds is 6. The molecule has 0 aliphatic rings. The molecule has 0 aliphatic carbocycles. The Morgan fingerprint density at radius 2 is 1.75 bits per heavy atom. The third-order valence-electron chi connectivity index (χ3n) is 2.99. The number of thioether (sulfide) groups is 1. The molecule has 3 heteroatoms. The van der Waals surface area contributed by atoms with E-state index in [1.165, 1.54) is 10.5 Å². The fourth-order valence-corrected chi connectivity index (χ4v) is 2.59. The fraction of sp³-hybridized carbons (Fsp3) is 0.294. The summed E-state index contributed by atoms with van der Waals surface area (Å²) in [6.07, 6.45) is -0.471. The van der Waals surface area contributed by atoms with E-state index in [2.05, 4.69) is 31.2 Å². The van der Waals surface area contributed by atoms with E-state index in [1.807, 2.05) is 31.2 Å². The van der Waals surface area contributed by atoms with Crippen LogP contribution >= 0.6 is 11.8 Å². The molecule has 0 spiro atoms. The second kappa shape index (κ2) is 7.36. The van der Waals surface area contributed by atoms with Gasteiger partial charge < -0.3 is 9.84 Å². The molecule has 0 bridgehead atoms. The SMILES string of the molecule is Cc1ccc(SCC(O)COc2ccccc2C)cc1.